The summed E-state index contributed by atoms with van der Waals surface area (Å²) in [6, 6.07) is 22.5. The molecule has 0 saturated carbocycles. The van der Waals surface area contributed by atoms with Gasteiger partial charge in [-0.2, -0.15) is 0 Å². The Labute approximate surface area is 172 Å². The average Bonchev–Trinajstić information content (AvgIpc) is 2.73. The zero-order valence-corrected chi connectivity index (χ0v) is 16.1. The van der Waals surface area contributed by atoms with Crippen LogP contribution in [-0.2, 0) is 6.54 Å². The minimum absolute atomic E-state index is 0.359. The molecule has 150 valence electrons. The first kappa shape index (κ1) is 19.4. The molecule has 0 unspecified atom stereocenters. The van der Waals surface area contributed by atoms with E-state index in [0.717, 1.165) is 11.1 Å². The van der Waals surface area contributed by atoms with Gasteiger partial charge in [0.2, 0.25) is 0 Å². The van der Waals surface area contributed by atoms with Gasteiger partial charge in [0.1, 0.15) is 11.4 Å². The first-order valence-corrected chi connectivity index (χ1v) is 9.36. The topological polar surface area (TPSA) is 85.5 Å². The van der Waals surface area contributed by atoms with Gasteiger partial charge in [-0.3, -0.25) is 0 Å². The highest BCUT2D eigenvalue weighted by Gasteiger charge is 2.10. The third kappa shape index (κ3) is 4.24. The maximum absolute atomic E-state index is 13.7. The van der Waals surface area contributed by atoms with Crippen LogP contribution >= 0.6 is 0 Å². The van der Waals surface area contributed by atoms with Crippen molar-refractivity contribution in [1.82, 2.24) is 5.01 Å². The predicted molar refractivity (Wildman–Crippen MR) is 116 cm³/mol. The molecule has 3 aromatic carbocycles. The Morgan fingerprint density at radius 3 is 2.57 bits per heavy atom. The number of hydrogen-bond donors (Lipinski definition) is 2. The fraction of sp³-hybridized carbons (Fsp3) is 0.0417. The van der Waals surface area contributed by atoms with E-state index in [2.05, 4.69) is 0 Å². The molecular formula is C24H20FN3O2. The van der Waals surface area contributed by atoms with Gasteiger partial charge in [-0.1, -0.05) is 54.6 Å². The zero-order chi connectivity index (χ0) is 21.1. The van der Waals surface area contributed by atoms with Crippen molar-refractivity contribution in [2.75, 3.05) is 0 Å². The molecule has 0 aliphatic carbocycles. The van der Waals surface area contributed by atoms with Crippen molar-refractivity contribution in [3.63, 3.8) is 0 Å². The van der Waals surface area contributed by atoms with Gasteiger partial charge in [0, 0.05) is 17.7 Å². The summed E-state index contributed by atoms with van der Waals surface area (Å²) in [5.41, 5.74) is 9.49. The highest BCUT2D eigenvalue weighted by molar-refractivity contribution is 5.93. The zero-order valence-electron chi connectivity index (χ0n) is 16.1. The van der Waals surface area contributed by atoms with Crippen molar-refractivity contribution in [2.24, 2.45) is 11.6 Å². The van der Waals surface area contributed by atoms with E-state index in [4.69, 9.17) is 16.0 Å². The van der Waals surface area contributed by atoms with Crippen LogP contribution in [0.1, 0.15) is 11.1 Å². The number of halogens is 1. The minimum atomic E-state index is -0.503. The maximum atomic E-state index is 13.7. The van der Waals surface area contributed by atoms with Crippen LogP contribution in [0.3, 0.4) is 0 Å². The van der Waals surface area contributed by atoms with Crippen molar-refractivity contribution in [2.45, 2.75) is 6.54 Å². The summed E-state index contributed by atoms with van der Waals surface area (Å²) in [7, 11) is 0. The number of nitrogens with two attached hydrogens (primary N) is 2. The van der Waals surface area contributed by atoms with E-state index in [1.165, 1.54) is 23.2 Å². The predicted octanol–water partition coefficient (Wildman–Crippen LogP) is 4.23. The number of hydrazine groups is 1. The second-order valence-electron chi connectivity index (χ2n) is 6.94. The number of fused-ring (bicyclic) bond motifs is 1. The van der Waals surface area contributed by atoms with Crippen LogP contribution < -0.4 is 17.2 Å². The van der Waals surface area contributed by atoms with Crippen molar-refractivity contribution in [1.29, 1.82) is 0 Å². The molecular weight excluding hydrogens is 381 g/mol. The molecule has 4 rings (SSSR count). The van der Waals surface area contributed by atoms with Crippen molar-refractivity contribution >= 4 is 16.7 Å². The molecule has 0 aliphatic heterocycles. The molecule has 1 aromatic heterocycles. The lowest BCUT2D eigenvalue weighted by molar-refractivity contribution is 0.387. The second kappa shape index (κ2) is 8.23. The second-order valence-corrected chi connectivity index (χ2v) is 6.94. The highest BCUT2D eigenvalue weighted by atomic mass is 19.1. The van der Waals surface area contributed by atoms with E-state index in [1.807, 2.05) is 42.5 Å². The molecule has 30 heavy (non-hydrogen) atoms. The first-order chi connectivity index (χ1) is 14.5. The quantitative estimate of drug-likeness (QED) is 0.297. The summed E-state index contributed by atoms with van der Waals surface area (Å²) in [6.45, 7) is 0.359. The SMILES string of the molecule is N/C(=C\N(N)Cc1ccc2c(-c3cccc(F)c3)cc(=O)oc2c1)c1ccccc1. The normalized spacial score (nSPS) is 11.6. The number of benzene rings is 3. The molecule has 0 fully saturated rings. The van der Waals surface area contributed by atoms with E-state index >= 15 is 0 Å². The van der Waals surface area contributed by atoms with Gasteiger partial charge in [0.25, 0.3) is 0 Å². The first-order valence-electron chi connectivity index (χ1n) is 9.36. The smallest absolute Gasteiger partial charge is 0.336 e. The van der Waals surface area contributed by atoms with Crippen LogP contribution in [0.5, 0.6) is 0 Å². The van der Waals surface area contributed by atoms with E-state index < -0.39 is 5.63 Å². The molecule has 0 spiro atoms. The number of nitrogens with zero attached hydrogens (tertiary/aromatic N) is 1. The molecule has 0 aliphatic rings. The van der Waals surface area contributed by atoms with Crippen LogP contribution in [0.2, 0.25) is 0 Å². The Kier molecular flexibility index (Phi) is 5.32. The van der Waals surface area contributed by atoms with Crippen LogP contribution in [-0.4, -0.2) is 5.01 Å². The molecule has 0 radical (unpaired) electrons. The average molecular weight is 401 g/mol. The van der Waals surface area contributed by atoms with Crippen LogP contribution in [0.25, 0.3) is 27.8 Å². The lowest BCUT2D eigenvalue weighted by atomic mass is 10.0. The molecule has 1 heterocycles. The standard InChI is InChI=1S/C24H20FN3O2/c25-19-8-4-7-18(12-19)21-13-24(29)30-23-11-16(9-10-20(21)23)14-28(27)15-22(26)17-5-2-1-3-6-17/h1-13,15H,14,26-27H2/b22-15-. The molecule has 5 nitrogen and oxygen atoms in total. The van der Waals surface area contributed by atoms with Gasteiger partial charge >= 0.3 is 5.63 Å². The Hall–Kier alpha value is -3.90. The Morgan fingerprint density at radius 2 is 1.80 bits per heavy atom. The summed E-state index contributed by atoms with van der Waals surface area (Å²) in [4.78, 5) is 12.1. The molecule has 4 aromatic rings. The molecule has 0 saturated heterocycles. The lowest BCUT2D eigenvalue weighted by Crippen LogP contribution is -2.25. The molecule has 0 bridgehead atoms. The van der Waals surface area contributed by atoms with Gasteiger partial charge < -0.3 is 15.2 Å². The minimum Gasteiger partial charge on any atom is -0.423 e. The van der Waals surface area contributed by atoms with Gasteiger partial charge in [0.15, 0.2) is 0 Å². The summed E-state index contributed by atoms with van der Waals surface area (Å²) in [5.74, 6) is 5.73. The van der Waals surface area contributed by atoms with E-state index in [1.54, 1.807) is 24.4 Å². The third-order valence-electron chi connectivity index (χ3n) is 4.72. The summed E-state index contributed by atoms with van der Waals surface area (Å²) >= 11 is 0. The van der Waals surface area contributed by atoms with Crippen LogP contribution in [0, 0.1) is 5.82 Å². The molecule has 0 amide bonds. The summed E-state index contributed by atoms with van der Waals surface area (Å²) in [6.07, 6.45) is 1.65. The van der Waals surface area contributed by atoms with Gasteiger partial charge in [-0.15, -0.1) is 0 Å². The number of hydrogen-bond acceptors (Lipinski definition) is 5. The maximum Gasteiger partial charge on any atom is 0.336 e. The Bertz CT molecular complexity index is 1280. The monoisotopic (exact) mass is 401 g/mol. The van der Waals surface area contributed by atoms with Crippen LogP contribution in [0.15, 0.2) is 94.3 Å². The Balaban J connectivity index is 1.65. The third-order valence-corrected chi connectivity index (χ3v) is 4.72. The van der Waals surface area contributed by atoms with E-state index in [-0.39, 0.29) is 5.82 Å². The Morgan fingerprint density at radius 1 is 1.00 bits per heavy atom. The molecule has 4 N–H and O–H groups in total. The van der Waals surface area contributed by atoms with Crippen molar-refractivity contribution < 1.29 is 8.81 Å². The van der Waals surface area contributed by atoms with Crippen molar-refractivity contribution in [3.05, 3.63) is 112 Å². The fourth-order valence-corrected chi connectivity index (χ4v) is 3.34. The van der Waals surface area contributed by atoms with E-state index in [9.17, 15) is 9.18 Å². The highest BCUT2D eigenvalue weighted by Crippen LogP contribution is 2.28. The fourth-order valence-electron chi connectivity index (χ4n) is 3.34. The summed E-state index contributed by atoms with van der Waals surface area (Å²) < 4.78 is 19.0. The largest absolute Gasteiger partial charge is 0.423 e. The molecule has 6 heteroatoms. The summed E-state index contributed by atoms with van der Waals surface area (Å²) in [5, 5.41) is 2.18. The molecule has 0 atom stereocenters. The van der Waals surface area contributed by atoms with Crippen LogP contribution in [0.4, 0.5) is 4.39 Å². The lowest BCUT2D eigenvalue weighted by Gasteiger charge is -2.16. The van der Waals surface area contributed by atoms with Crippen molar-refractivity contribution in [3.8, 4) is 11.1 Å². The van der Waals surface area contributed by atoms with Gasteiger partial charge in [0.05, 0.1) is 12.2 Å². The number of rotatable bonds is 5. The van der Waals surface area contributed by atoms with Gasteiger partial charge in [-0.05, 0) is 40.5 Å². The van der Waals surface area contributed by atoms with Gasteiger partial charge in [-0.25, -0.2) is 15.0 Å². The van der Waals surface area contributed by atoms with E-state index in [0.29, 0.717) is 34.3 Å².